The van der Waals surface area contributed by atoms with Gasteiger partial charge in [-0.3, -0.25) is 4.79 Å². The molecule has 1 fully saturated rings. The average Bonchev–Trinajstić information content (AvgIpc) is 2.81. The van der Waals surface area contributed by atoms with Crippen LogP contribution in [-0.4, -0.2) is 41.0 Å². The Labute approximate surface area is 137 Å². The van der Waals surface area contributed by atoms with Crippen LogP contribution in [-0.2, 0) is 0 Å². The summed E-state index contributed by atoms with van der Waals surface area (Å²) >= 11 is 1.58. The predicted octanol–water partition coefficient (Wildman–Crippen LogP) is 2.93. The van der Waals surface area contributed by atoms with Crippen LogP contribution in [0.2, 0.25) is 0 Å². The first-order valence-corrected chi connectivity index (χ1v) is 7.38. The van der Waals surface area contributed by atoms with E-state index in [4.69, 9.17) is 0 Å². The molecule has 2 unspecified atom stereocenters. The van der Waals surface area contributed by atoms with Crippen molar-refractivity contribution in [3.8, 4) is 0 Å². The Bertz CT molecular complexity index is 439. The van der Waals surface area contributed by atoms with Gasteiger partial charge >= 0.3 is 0 Å². The number of aromatic nitrogens is 1. The molecule has 1 amide bonds. The summed E-state index contributed by atoms with van der Waals surface area (Å²) in [4.78, 5) is 18.8. The molecule has 2 atom stereocenters. The van der Waals surface area contributed by atoms with Crippen molar-refractivity contribution in [3.05, 3.63) is 16.1 Å². The first kappa shape index (κ1) is 19.6. The van der Waals surface area contributed by atoms with Crippen LogP contribution in [0.4, 0.5) is 0 Å². The number of rotatable bonds is 2. The summed E-state index contributed by atoms with van der Waals surface area (Å²) in [6.07, 6.45) is 0. The number of piperazine rings is 1. The smallest absolute Gasteiger partial charge is 0.273 e. The van der Waals surface area contributed by atoms with E-state index in [9.17, 15) is 4.79 Å². The molecule has 0 aromatic carbocycles. The van der Waals surface area contributed by atoms with E-state index in [1.165, 1.54) is 0 Å². The van der Waals surface area contributed by atoms with Gasteiger partial charge in [-0.15, -0.1) is 36.2 Å². The van der Waals surface area contributed by atoms with Crippen molar-refractivity contribution < 1.29 is 4.79 Å². The summed E-state index contributed by atoms with van der Waals surface area (Å²) in [5.74, 6) is 0.454. The minimum atomic E-state index is 0. The van der Waals surface area contributed by atoms with Crippen LogP contribution in [0.3, 0.4) is 0 Å². The third-order valence-corrected chi connectivity index (χ3v) is 4.68. The van der Waals surface area contributed by atoms with Gasteiger partial charge in [0.15, 0.2) is 0 Å². The lowest BCUT2D eigenvalue weighted by Gasteiger charge is -2.38. The van der Waals surface area contributed by atoms with Gasteiger partial charge in [0.2, 0.25) is 0 Å². The fourth-order valence-corrected chi connectivity index (χ4v) is 2.95. The van der Waals surface area contributed by atoms with Crippen molar-refractivity contribution in [3.63, 3.8) is 0 Å². The Kier molecular flexibility index (Phi) is 8.03. The third kappa shape index (κ3) is 4.07. The molecule has 0 spiro atoms. The summed E-state index contributed by atoms with van der Waals surface area (Å²) in [7, 11) is 0. The number of hydrogen-bond donors (Lipinski definition) is 1. The average molecular weight is 340 g/mol. The molecule has 20 heavy (non-hydrogen) atoms. The number of nitrogens with zero attached hydrogens (tertiary/aromatic N) is 2. The van der Waals surface area contributed by atoms with Gasteiger partial charge in [-0.2, -0.15) is 0 Å². The van der Waals surface area contributed by atoms with Crippen molar-refractivity contribution in [1.29, 1.82) is 0 Å². The van der Waals surface area contributed by atoms with Gasteiger partial charge in [-0.05, 0) is 13.8 Å². The highest BCUT2D eigenvalue weighted by Gasteiger charge is 2.29. The van der Waals surface area contributed by atoms with Crippen LogP contribution in [0, 0.1) is 0 Å². The van der Waals surface area contributed by atoms with E-state index in [2.05, 4.69) is 38.0 Å². The zero-order chi connectivity index (χ0) is 13.3. The topological polar surface area (TPSA) is 45.2 Å². The maximum atomic E-state index is 12.4. The van der Waals surface area contributed by atoms with Crippen LogP contribution in [0.1, 0.15) is 49.1 Å². The van der Waals surface area contributed by atoms with E-state index < -0.39 is 0 Å². The third-order valence-electron chi connectivity index (χ3n) is 3.53. The highest BCUT2D eigenvalue weighted by atomic mass is 35.5. The maximum Gasteiger partial charge on any atom is 0.273 e. The first-order valence-electron chi connectivity index (χ1n) is 6.50. The minimum Gasteiger partial charge on any atom is -0.332 e. The summed E-state index contributed by atoms with van der Waals surface area (Å²) in [6, 6.07) is 0.557. The van der Waals surface area contributed by atoms with Crippen LogP contribution in [0.5, 0.6) is 0 Å². The van der Waals surface area contributed by atoms with Crippen LogP contribution < -0.4 is 5.32 Å². The van der Waals surface area contributed by atoms with Gasteiger partial charge in [-0.1, -0.05) is 13.8 Å². The monoisotopic (exact) mass is 339 g/mol. The minimum absolute atomic E-state index is 0. The molecule has 7 heteroatoms. The number of halogens is 2. The molecule has 0 saturated carbocycles. The van der Waals surface area contributed by atoms with Crippen LogP contribution >= 0.6 is 36.2 Å². The van der Waals surface area contributed by atoms with Crippen molar-refractivity contribution in [2.75, 3.05) is 13.1 Å². The van der Waals surface area contributed by atoms with E-state index in [1.54, 1.807) is 11.3 Å². The summed E-state index contributed by atoms with van der Waals surface area (Å²) in [5, 5.41) is 6.30. The van der Waals surface area contributed by atoms with E-state index >= 15 is 0 Å². The second kappa shape index (κ2) is 8.17. The van der Waals surface area contributed by atoms with Crippen molar-refractivity contribution >= 4 is 42.1 Å². The number of carbonyl (C=O) groups excluding carboxylic acids is 1. The second-order valence-corrected chi connectivity index (χ2v) is 6.10. The highest BCUT2D eigenvalue weighted by molar-refractivity contribution is 7.09. The van der Waals surface area contributed by atoms with Crippen LogP contribution in [0.25, 0.3) is 0 Å². The van der Waals surface area contributed by atoms with Crippen LogP contribution in [0.15, 0.2) is 5.38 Å². The largest absolute Gasteiger partial charge is 0.332 e. The fourth-order valence-electron chi connectivity index (χ4n) is 2.14. The Morgan fingerprint density at radius 2 is 2.10 bits per heavy atom. The van der Waals surface area contributed by atoms with E-state index in [-0.39, 0.29) is 36.8 Å². The Morgan fingerprint density at radius 1 is 1.45 bits per heavy atom. The molecule has 1 aliphatic heterocycles. The lowest BCUT2D eigenvalue weighted by Crippen LogP contribution is -2.57. The normalized spacial score (nSPS) is 22.1. The maximum absolute atomic E-state index is 12.4. The molecule has 1 aromatic heterocycles. The molecular formula is C13H23Cl2N3OS. The highest BCUT2D eigenvalue weighted by Crippen LogP contribution is 2.21. The summed E-state index contributed by atoms with van der Waals surface area (Å²) < 4.78 is 0. The molecule has 116 valence electrons. The van der Waals surface area contributed by atoms with E-state index in [1.807, 2.05) is 10.3 Å². The quantitative estimate of drug-likeness (QED) is 0.900. The van der Waals surface area contributed by atoms with Crippen molar-refractivity contribution in [2.45, 2.75) is 45.7 Å². The Morgan fingerprint density at radius 3 is 2.65 bits per heavy atom. The van der Waals surface area contributed by atoms with Gasteiger partial charge in [-0.25, -0.2) is 4.98 Å². The Hall–Kier alpha value is -0.360. The molecule has 1 saturated heterocycles. The number of amides is 1. The van der Waals surface area contributed by atoms with Gasteiger partial charge in [0.25, 0.3) is 5.91 Å². The molecule has 2 rings (SSSR count). The fraction of sp³-hybridized carbons (Fsp3) is 0.692. The van der Waals surface area contributed by atoms with Crippen molar-refractivity contribution in [2.24, 2.45) is 0 Å². The number of carbonyl (C=O) groups is 1. The molecule has 4 nitrogen and oxygen atoms in total. The summed E-state index contributed by atoms with van der Waals surface area (Å²) in [6.45, 7) is 10.0. The lowest BCUT2D eigenvalue weighted by molar-refractivity contribution is 0.0597. The number of nitrogens with one attached hydrogen (secondary N) is 1. The Balaban J connectivity index is 0.00000180. The predicted molar refractivity (Wildman–Crippen MR) is 88.7 cm³/mol. The van der Waals surface area contributed by atoms with E-state index in [0.29, 0.717) is 17.7 Å². The number of thiazole rings is 1. The van der Waals surface area contributed by atoms with Gasteiger partial charge in [0.05, 0.1) is 5.01 Å². The standard InChI is InChI=1S/C13H21N3OS.2ClH/c1-8(2)12-15-11(7-18-12)13(17)16-6-5-14-9(3)10(16)4;;/h7-10,14H,5-6H2,1-4H3;2*1H. The zero-order valence-corrected chi connectivity index (χ0v) is 14.7. The summed E-state index contributed by atoms with van der Waals surface area (Å²) in [5.41, 5.74) is 0.602. The molecule has 0 radical (unpaired) electrons. The zero-order valence-electron chi connectivity index (χ0n) is 12.3. The molecule has 0 aliphatic carbocycles. The van der Waals surface area contributed by atoms with Gasteiger partial charge in [0, 0.05) is 36.5 Å². The van der Waals surface area contributed by atoms with Gasteiger partial charge < -0.3 is 10.2 Å². The first-order chi connectivity index (χ1) is 8.50. The second-order valence-electron chi connectivity index (χ2n) is 5.21. The molecular weight excluding hydrogens is 317 g/mol. The lowest BCUT2D eigenvalue weighted by atomic mass is 10.1. The van der Waals surface area contributed by atoms with Gasteiger partial charge in [0.1, 0.15) is 5.69 Å². The van der Waals surface area contributed by atoms with Crippen molar-refractivity contribution in [1.82, 2.24) is 15.2 Å². The molecule has 0 bridgehead atoms. The molecule has 1 aliphatic rings. The van der Waals surface area contributed by atoms with E-state index in [0.717, 1.165) is 18.1 Å². The molecule has 1 N–H and O–H groups in total. The SMILES string of the molecule is CC(C)c1nc(C(=O)N2CCNC(C)C2C)cs1.Cl.Cl. The number of hydrogen-bond acceptors (Lipinski definition) is 4. The molecule has 1 aromatic rings. The molecule has 2 heterocycles.